The van der Waals surface area contributed by atoms with E-state index >= 15 is 0 Å². The van der Waals surface area contributed by atoms with Crippen molar-refractivity contribution in [2.45, 2.75) is 13.0 Å². The van der Waals surface area contributed by atoms with Crippen LogP contribution in [-0.2, 0) is 14.3 Å². The van der Waals surface area contributed by atoms with Gasteiger partial charge in [-0.05, 0) is 19.1 Å². The summed E-state index contributed by atoms with van der Waals surface area (Å²) in [7, 11) is 0. The first-order valence-electron chi connectivity index (χ1n) is 8.48. The third kappa shape index (κ3) is 5.00. The highest BCUT2D eigenvalue weighted by Gasteiger charge is 2.27. The van der Waals surface area contributed by atoms with Gasteiger partial charge in [-0.25, -0.2) is 0 Å². The van der Waals surface area contributed by atoms with Gasteiger partial charge < -0.3 is 29.7 Å². The summed E-state index contributed by atoms with van der Waals surface area (Å²) in [6.07, 6.45) is -0.532. The van der Waals surface area contributed by atoms with Gasteiger partial charge in [-0.3, -0.25) is 9.59 Å². The Balaban J connectivity index is 0.00000243. The van der Waals surface area contributed by atoms with Crippen molar-refractivity contribution < 1.29 is 23.8 Å². The first-order chi connectivity index (χ1) is 12.2. The smallest absolute Gasteiger partial charge is 0.253 e. The van der Waals surface area contributed by atoms with E-state index in [1.54, 1.807) is 18.2 Å². The normalized spacial score (nSPS) is 18.4. The van der Waals surface area contributed by atoms with Gasteiger partial charge >= 0.3 is 0 Å². The fourth-order valence-electron chi connectivity index (χ4n) is 2.77. The Morgan fingerprint density at radius 3 is 2.69 bits per heavy atom. The predicted octanol–water partition coefficient (Wildman–Crippen LogP) is 0.655. The van der Waals surface area contributed by atoms with Crippen LogP contribution in [0.25, 0.3) is 0 Å². The third-order valence-corrected chi connectivity index (χ3v) is 4.06. The maximum Gasteiger partial charge on any atom is 0.253 e. The topological polar surface area (TPSA) is 89.1 Å². The monoisotopic (exact) mass is 385 g/mol. The molecule has 2 aliphatic heterocycles. The Kier molecular flexibility index (Phi) is 7.50. The van der Waals surface area contributed by atoms with Crippen molar-refractivity contribution >= 4 is 29.9 Å². The van der Waals surface area contributed by atoms with E-state index < -0.39 is 6.10 Å². The van der Waals surface area contributed by atoms with Gasteiger partial charge in [-0.15, -0.1) is 12.4 Å². The third-order valence-electron chi connectivity index (χ3n) is 4.06. The number of carbonyl (C=O) groups excluding carboxylic acids is 2. The van der Waals surface area contributed by atoms with Crippen LogP contribution in [0.1, 0.15) is 6.92 Å². The van der Waals surface area contributed by atoms with Crippen LogP contribution >= 0.6 is 12.4 Å². The fraction of sp³-hybridized carbons (Fsp3) is 0.529. The van der Waals surface area contributed by atoms with Crippen molar-refractivity contribution in [2.75, 3.05) is 51.3 Å². The largest absolute Gasteiger partial charge is 0.486 e. The number of hydrogen-bond acceptors (Lipinski definition) is 6. The minimum absolute atomic E-state index is 0. The predicted molar refractivity (Wildman–Crippen MR) is 98.2 cm³/mol. The average molecular weight is 386 g/mol. The van der Waals surface area contributed by atoms with Gasteiger partial charge in [0.2, 0.25) is 5.91 Å². The van der Waals surface area contributed by atoms with E-state index in [4.69, 9.17) is 14.2 Å². The van der Waals surface area contributed by atoms with Gasteiger partial charge in [0.15, 0.2) is 11.5 Å². The minimum Gasteiger partial charge on any atom is -0.486 e. The Morgan fingerprint density at radius 2 is 2.00 bits per heavy atom. The van der Waals surface area contributed by atoms with Crippen LogP contribution in [0.3, 0.4) is 0 Å². The van der Waals surface area contributed by atoms with Crippen LogP contribution in [0.5, 0.6) is 11.5 Å². The molecule has 0 aromatic heterocycles. The number of nitrogens with one attached hydrogen (secondary N) is 2. The SMILES string of the molecule is CCN(CC(=O)Nc1ccc2c(c1)OCCO2)C(=O)C1CNCCO1.Cl. The molecule has 9 heteroatoms. The number of fused-ring (bicyclic) bond motifs is 1. The van der Waals surface area contributed by atoms with E-state index in [2.05, 4.69) is 10.6 Å². The number of anilines is 1. The minimum atomic E-state index is -0.532. The Labute approximate surface area is 158 Å². The second-order valence-corrected chi connectivity index (χ2v) is 5.82. The highest BCUT2D eigenvalue weighted by molar-refractivity contribution is 5.95. The fourth-order valence-corrected chi connectivity index (χ4v) is 2.77. The second kappa shape index (κ2) is 9.61. The maximum absolute atomic E-state index is 12.5. The molecule has 1 unspecified atom stereocenters. The summed E-state index contributed by atoms with van der Waals surface area (Å²) in [5, 5.41) is 5.91. The molecule has 1 atom stereocenters. The molecule has 0 radical (unpaired) electrons. The molecule has 0 saturated carbocycles. The first kappa shape index (κ1) is 20.3. The van der Waals surface area contributed by atoms with Crippen LogP contribution in [-0.4, -0.2) is 68.8 Å². The van der Waals surface area contributed by atoms with Crippen LogP contribution in [0, 0.1) is 0 Å². The summed E-state index contributed by atoms with van der Waals surface area (Å²) in [4.78, 5) is 26.2. The lowest BCUT2D eigenvalue weighted by Gasteiger charge is -2.28. The number of amides is 2. The number of ether oxygens (including phenoxy) is 3. The molecule has 0 aliphatic carbocycles. The Bertz CT molecular complexity index is 637. The van der Waals surface area contributed by atoms with Crippen molar-refractivity contribution in [1.29, 1.82) is 0 Å². The van der Waals surface area contributed by atoms with Crippen molar-refractivity contribution in [3.63, 3.8) is 0 Å². The summed E-state index contributed by atoms with van der Waals surface area (Å²) in [5.74, 6) is 0.827. The second-order valence-electron chi connectivity index (χ2n) is 5.82. The molecule has 26 heavy (non-hydrogen) atoms. The number of halogens is 1. The van der Waals surface area contributed by atoms with Gasteiger partial charge in [0.25, 0.3) is 5.91 Å². The van der Waals surface area contributed by atoms with Crippen LogP contribution in [0.4, 0.5) is 5.69 Å². The summed E-state index contributed by atoms with van der Waals surface area (Å²) >= 11 is 0. The van der Waals surface area contributed by atoms with E-state index in [-0.39, 0.29) is 30.8 Å². The summed E-state index contributed by atoms with van der Waals surface area (Å²) < 4.78 is 16.4. The molecule has 0 bridgehead atoms. The number of rotatable bonds is 5. The van der Waals surface area contributed by atoms with Crippen molar-refractivity contribution in [2.24, 2.45) is 0 Å². The summed E-state index contributed by atoms with van der Waals surface area (Å²) in [6.45, 7) is 4.96. The van der Waals surface area contributed by atoms with E-state index in [1.165, 1.54) is 4.90 Å². The lowest BCUT2D eigenvalue weighted by Crippen LogP contribution is -2.50. The van der Waals surface area contributed by atoms with E-state index in [9.17, 15) is 9.59 Å². The van der Waals surface area contributed by atoms with Crippen molar-refractivity contribution in [3.8, 4) is 11.5 Å². The molecule has 1 aromatic carbocycles. The van der Waals surface area contributed by atoms with E-state index in [0.29, 0.717) is 50.1 Å². The van der Waals surface area contributed by atoms with Gasteiger partial charge in [0.1, 0.15) is 19.3 Å². The molecule has 2 N–H and O–H groups in total. The molecule has 2 amide bonds. The standard InChI is InChI=1S/C17H23N3O5.ClH/c1-2-20(17(22)15-10-18-5-6-23-15)11-16(21)19-12-3-4-13-14(9-12)25-8-7-24-13;/h3-4,9,15,18H,2,5-8,10-11H2,1H3,(H,19,21);1H. The van der Waals surface area contributed by atoms with Crippen LogP contribution in [0.2, 0.25) is 0 Å². The number of benzene rings is 1. The molecule has 2 heterocycles. The van der Waals surface area contributed by atoms with Crippen LogP contribution < -0.4 is 20.1 Å². The quantitative estimate of drug-likeness (QED) is 0.773. The summed E-state index contributed by atoms with van der Waals surface area (Å²) in [5.41, 5.74) is 0.605. The number of morpholine rings is 1. The van der Waals surface area contributed by atoms with E-state index in [1.807, 2.05) is 6.92 Å². The van der Waals surface area contributed by atoms with Crippen molar-refractivity contribution in [1.82, 2.24) is 10.2 Å². The van der Waals surface area contributed by atoms with Gasteiger partial charge in [-0.2, -0.15) is 0 Å². The molecule has 2 aliphatic rings. The molecule has 1 fully saturated rings. The number of carbonyl (C=O) groups is 2. The summed E-state index contributed by atoms with van der Waals surface area (Å²) in [6, 6.07) is 5.23. The average Bonchev–Trinajstić information content (AvgIpc) is 2.66. The van der Waals surface area contributed by atoms with Gasteiger partial charge in [0.05, 0.1) is 13.2 Å². The molecule has 3 rings (SSSR count). The highest BCUT2D eigenvalue weighted by atomic mass is 35.5. The Hall–Kier alpha value is -2.03. The zero-order valence-electron chi connectivity index (χ0n) is 14.7. The van der Waals surface area contributed by atoms with Gasteiger partial charge in [0, 0.05) is 31.4 Å². The zero-order valence-corrected chi connectivity index (χ0v) is 15.5. The number of hydrogen-bond donors (Lipinski definition) is 2. The maximum atomic E-state index is 12.5. The molecular weight excluding hydrogens is 362 g/mol. The number of nitrogens with zero attached hydrogens (tertiary/aromatic N) is 1. The Morgan fingerprint density at radius 1 is 1.23 bits per heavy atom. The highest BCUT2D eigenvalue weighted by Crippen LogP contribution is 2.32. The zero-order chi connectivity index (χ0) is 17.6. The molecule has 1 saturated heterocycles. The first-order valence-corrected chi connectivity index (χ1v) is 8.48. The lowest BCUT2D eigenvalue weighted by molar-refractivity contribution is -0.146. The molecular formula is C17H24ClN3O5. The molecule has 1 aromatic rings. The molecule has 0 spiro atoms. The van der Waals surface area contributed by atoms with Crippen LogP contribution in [0.15, 0.2) is 18.2 Å². The van der Waals surface area contributed by atoms with Gasteiger partial charge in [-0.1, -0.05) is 0 Å². The molecule has 144 valence electrons. The lowest BCUT2D eigenvalue weighted by atomic mass is 10.2. The molecule has 8 nitrogen and oxygen atoms in total. The van der Waals surface area contributed by atoms with Crippen molar-refractivity contribution in [3.05, 3.63) is 18.2 Å². The van der Waals surface area contributed by atoms with E-state index in [0.717, 1.165) is 6.54 Å². The number of likely N-dealkylation sites (N-methyl/N-ethyl adjacent to an activating group) is 1.